The third-order valence-electron chi connectivity index (χ3n) is 4.97. The number of likely N-dealkylation sites (tertiary alicyclic amines) is 1. The topological polar surface area (TPSA) is 61.8 Å². The molecule has 26 heavy (non-hydrogen) atoms. The summed E-state index contributed by atoms with van der Waals surface area (Å²) in [5.41, 5.74) is 1.83. The van der Waals surface area contributed by atoms with Gasteiger partial charge in [0.1, 0.15) is 5.75 Å². The van der Waals surface area contributed by atoms with Crippen molar-refractivity contribution in [1.29, 1.82) is 0 Å². The Balaban J connectivity index is 1.65. The van der Waals surface area contributed by atoms with E-state index in [1.807, 2.05) is 36.4 Å². The Hall–Kier alpha value is -2.37. The minimum Gasteiger partial charge on any atom is -0.497 e. The molecule has 1 heterocycles. The quantitative estimate of drug-likeness (QED) is 0.836. The van der Waals surface area contributed by atoms with Crippen LogP contribution >= 0.6 is 0 Å². The highest BCUT2D eigenvalue weighted by Gasteiger charge is 2.30. The zero-order valence-electron chi connectivity index (χ0n) is 15.1. The van der Waals surface area contributed by atoms with E-state index < -0.39 is 0 Å². The maximum absolute atomic E-state index is 12.5. The molecule has 3 rings (SSSR count). The predicted molar refractivity (Wildman–Crippen MR) is 101 cm³/mol. The van der Waals surface area contributed by atoms with Crippen LogP contribution in [0, 0.1) is 5.92 Å². The molecule has 1 aliphatic heterocycles. The number of amides is 1. The van der Waals surface area contributed by atoms with Crippen LogP contribution in [0.15, 0.2) is 54.6 Å². The second-order valence-electron chi connectivity index (χ2n) is 6.76. The van der Waals surface area contributed by atoms with E-state index in [1.165, 1.54) is 5.56 Å². The average Bonchev–Trinajstić information content (AvgIpc) is 2.69. The number of aliphatic hydroxyl groups excluding tert-OH is 1. The van der Waals surface area contributed by atoms with Gasteiger partial charge in [-0.25, -0.2) is 0 Å². The molecule has 2 aromatic carbocycles. The lowest BCUT2D eigenvalue weighted by molar-refractivity contribution is 0.0730. The zero-order chi connectivity index (χ0) is 18.4. The van der Waals surface area contributed by atoms with Crippen LogP contribution in [0.3, 0.4) is 0 Å². The lowest BCUT2D eigenvalue weighted by Crippen LogP contribution is -2.53. The number of nitrogens with zero attached hydrogens (tertiary/aromatic N) is 1. The Kier molecular flexibility index (Phi) is 6.26. The Labute approximate surface area is 154 Å². The van der Waals surface area contributed by atoms with Gasteiger partial charge in [0.15, 0.2) is 0 Å². The number of benzene rings is 2. The lowest BCUT2D eigenvalue weighted by atomic mass is 9.91. The highest BCUT2D eigenvalue weighted by atomic mass is 16.5. The summed E-state index contributed by atoms with van der Waals surface area (Å²) in [5, 5.41) is 12.8. The van der Waals surface area contributed by atoms with Crippen LogP contribution < -0.4 is 10.1 Å². The number of carbonyl (C=O) groups is 1. The summed E-state index contributed by atoms with van der Waals surface area (Å²) < 4.78 is 5.29. The molecule has 0 bridgehead atoms. The van der Waals surface area contributed by atoms with Crippen LogP contribution in [0.2, 0.25) is 0 Å². The summed E-state index contributed by atoms with van der Waals surface area (Å²) in [6.07, 6.45) is 0.861. The van der Waals surface area contributed by atoms with Gasteiger partial charge in [-0.05, 0) is 42.8 Å². The fourth-order valence-electron chi connectivity index (χ4n) is 3.46. The van der Waals surface area contributed by atoms with E-state index >= 15 is 0 Å². The molecule has 0 saturated carbocycles. The van der Waals surface area contributed by atoms with Crippen molar-refractivity contribution in [3.63, 3.8) is 0 Å². The number of nitrogens with one attached hydrogen (secondary N) is 1. The summed E-state index contributed by atoms with van der Waals surface area (Å²) in [6, 6.07) is 17.2. The van der Waals surface area contributed by atoms with Crippen LogP contribution in [-0.4, -0.2) is 48.8 Å². The number of piperidine rings is 1. The molecular formula is C21H26N2O3. The first-order valence-corrected chi connectivity index (χ1v) is 9.01. The summed E-state index contributed by atoms with van der Waals surface area (Å²) in [4.78, 5) is 14.8. The SMILES string of the molecule is COc1cccc(CN2CC[C@H](CO)[C@H](NC(=O)c3ccccc3)C2)c1. The van der Waals surface area contributed by atoms with Gasteiger partial charge in [0.2, 0.25) is 0 Å². The van der Waals surface area contributed by atoms with Gasteiger partial charge in [-0.15, -0.1) is 0 Å². The van der Waals surface area contributed by atoms with Crippen molar-refractivity contribution in [2.24, 2.45) is 5.92 Å². The number of carbonyl (C=O) groups excluding carboxylic acids is 1. The fourth-order valence-corrected chi connectivity index (χ4v) is 3.46. The fraction of sp³-hybridized carbons (Fsp3) is 0.381. The number of rotatable bonds is 6. The molecule has 0 aliphatic carbocycles. The van der Waals surface area contributed by atoms with Gasteiger partial charge in [-0.2, -0.15) is 0 Å². The van der Waals surface area contributed by atoms with E-state index in [0.717, 1.165) is 31.8 Å². The van der Waals surface area contributed by atoms with Crippen molar-refractivity contribution in [2.45, 2.75) is 19.0 Å². The highest BCUT2D eigenvalue weighted by molar-refractivity contribution is 5.94. The lowest BCUT2D eigenvalue weighted by Gasteiger charge is -2.38. The number of hydrogen-bond donors (Lipinski definition) is 2. The first-order valence-electron chi connectivity index (χ1n) is 9.01. The highest BCUT2D eigenvalue weighted by Crippen LogP contribution is 2.21. The van der Waals surface area contributed by atoms with Gasteiger partial charge in [0.25, 0.3) is 5.91 Å². The molecule has 0 spiro atoms. The van der Waals surface area contributed by atoms with Crippen molar-refractivity contribution in [2.75, 3.05) is 26.8 Å². The second-order valence-corrected chi connectivity index (χ2v) is 6.76. The molecule has 1 fully saturated rings. The van der Waals surface area contributed by atoms with Gasteiger partial charge in [-0.1, -0.05) is 30.3 Å². The van der Waals surface area contributed by atoms with E-state index in [0.29, 0.717) is 5.56 Å². The van der Waals surface area contributed by atoms with Gasteiger partial charge in [-0.3, -0.25) is 9.69 Å². The molecule has 2 aromatic rings. The van der Waals surface area contributed by atoms with E-state index in [-0.39, 0.29) is 24.5 Å². The van der Waals surface area contributed by atoms with Crippen LogP contribution in [0.4, 0.5) is 0 Å². The summed E-state index contributed by atoms with van der Waals surface area (Å²) in [7, 11) is 1.67. The van der Waals surface area contributed by atoms with Gasteiger partial charge >= 0.3 is 0 Å². The molecule has 0 unspecified atom stereocenters. The van der Waals surface area contributed by atoms with Crippen molar-refractivity contribution >= 4 is 5.91 Å². The smallest absolute Gasteiger partial charge is 0.251 e. The van der Waals surface area contributed by atoms with E-state index in [2.05, 4.69) is 16.3 Å². The van der Waals surface area contributed by atoms with Crippen molar-refractivity contribution < 1.29 is 14.6 Å². The van der Waals surface area contributed by atoms with Gasteiger partial charge < -0.3 is 15.2 Å². The van der Waals surface area contributed by atoms with E-state index in [9.17, 15) is 9.90 Å². The first-order chi connectivity index (χ1) is 12.7. The number of ether oxygens (including phenoxy) is 1. The Morgan fingerprint density at radius 2 is 2.04 bits per heavy atom. The molecule has 5 heteroatoms. The van der Waals surface area contributed by atoms with Crippen molar-refractivity contribution in [1.82, 2.24) is 10.2 Å². The maximum Gasteiger partial charge on any atom is 0.251 e. The number of aliphatic hydroxyl groups is 1. The van der Waals surface area contributed by atoms with Crippen LogP contribution in [-0.2, 0) is 6.54 Å². The Morgan fingerprint density at radius 1 is 1.23 bits per heavy atom. The molecule has 0 aromatic heterocycles. The summed E-state index contributed by atoms with van der Waals surface area (Å²) in [5.74, 6) is 0.850. The Morgan fingerprint density at radius 3 is 2.77 bits per heavy atom. The van der Waals surface area contributed by atoms with Crippen LogP contribution in [0.1, 0.15) is 22.3 Å². The normalized spacial score (nSPS) is 20.5. The molecular weight excluding hydrogens is 328 g/mol. The van der Waals surface area contributed by atoms with Crippen molar-refractivity contribution in [3.8, 4) is 5.75 Å². The first kappa shape index (κ1) is 18.4. The van der Waals surface area contributed by atoms with Gasteiger partial charge in [0, 0.05) is 37.2 Å². The standard InChI is InChI=1S/C21H26N2O3/c1-26-19-9-5-6-16(12-19)13-23-11-10-18(15-24)20(14-23)22-21(25)17-7-3-2-4-8-17/h2-9,12,18,20,24H,10-11,13-15H2,1H3,(H,22,25)/t18-,20-/m1/s1. The third kappa shape index (κ3) is 4.62. The summed E-state index contributed by atoms with van der Waals surface area (Å²) in [6.45, 7) is 2.51. The average molecular weight is 354 g/mol. The molecule has 138 valence electrons. The predicted octanol–water partition coefficient (Wildman–Crippen LogP) is 2.31. The minimum absolute atomic E-state index is 0.0629. The molecule has 1 saturated heterocycles. The maximum atomic E-state index is 12.5. The largest absolute Gasteiger partial charge is 0.497 e. The van der Waals surface area contributed by atoms with Crippen LogP contribution in [0.25, 0.3) is 0 Å². The second kappa shape index (κ2) is 8.83. The molecule has 1 aliphatic rings. The summed E-state index contributed by atoms with van der Waals surface area (Å²) >= 11 is 0. The molecule has 1 amide bonds. The molecule has 5 nitrogen and oxygen atoms in total. The number of methoxy groups -OCH3 is 1. The van der Waals surface area contributed by atoms with Crippen molar-refractivity contribution in [3.05, 3.63) is 65.7 Å². The van der Waals surface area contributed by atoms with Crippen LogP contribution in [0.5, 0.6) is 5.75 Å². The minimum atomic E-state index is -0.0859. The third-order valence-corrected chi connectivity index (χ3v) is 4.97. The monoisotopic (exact) mass is 354 g/mol. The molecule has 2 N–H and O–H groups in total. The zero-order valence-corrected chi connectivity index (χ0v) is 15.1. The van der Waals surface area contributed by atoms with Gasteiger partial charge in [0.05, 0.1) is 7.11 Å². The Bertz CT molecular complexity index is 720. The van der Waals surface area contributed by atoms with E-state index in [1.54, 1.807) is 19.2 Å². The molecule has 2 atom stereocenters. The van der Waals surface area contributed by atoms with E-state index in [4.69, 9.17) is 4.74 Å². The number of hydrogen-bond acceptors (Lipinski definition) is 4. The molecule has 0 radical (unpaired) electrons.